The van der Waals surface area contributed by atoms with E-state index in [9.17, 15) is 13.2 Å². The van der Waals surface area contributed by atoms with Crippen LogP contribution in [0.15, 0.2) is 24.3 Å². The molecule has 0 aromatic heterocycles. The number of anilines is 1. The number of nitrogens with two attached hydrogens (primary N) is 1. The molecule has 1 aromatic carbocycles. The van der Waals surface area contributed by atoms with E-state index in [0.29, 0.717) is 18.8 Å². The first-order valence-corrected chi connectivity index (χ1v) is 5.46. The predicted molar refractivity (Wildman–Crippen MR) is 62.5 cm³/mol. The summed E-state index contributed by atoms with van der Waals surface area (Å²) in [6, 6.07) is 7.35. The van der Waals surface area contributed by atoms with Crippen molar-refractivity contribution in [2.45, 2.75) is 25.6 Å². The smallest absolute Gasteiger partial charge is 0.389 e. The lowest BCUT2D eigenvalue weighted by Crippen LogP contribution is -2.21. The van der Waals surface area contributed by atoms with E-state index in [-0.39, 0.29) is 6.42 Å². The molecule has 0 amide bonds. The third kappa shape index (κ3) is 6.16. The van der Waals surface area contributed by atoms with Crippen molar-refractivity contribution in [1.82, 2.24) is 4.90 Å². The van der Waals surface area contributed by atoms with Crippen LogP contribution in [0.2, 0.25) is 0 Å². The second kappa shape index (κ2) is 5.91. The van der Waals surface area contributed by atoms with Crippen LogP contribution < -0.4 is 5.73 Å². The molecule has 0 heterocycles. The Bertz CT molecular complexity index is 333. The maximum Gasteiger partial charge on any atom is 0.389 e. The van der Waals surface area contributed by atoms with E-state index in [0.717, 1.165) is 5.56 Å². The maximum atomic E-state index is 11.9. The van der Waals surface area contributed by atoms with Gasteiger partial charge < -0.3 is 10.6 Å². The Morgan fingerprint density at radius 3 is 2.29 bits per heavy atom. The van der Waals surface area contributed by atoms with Gasteiger partial charge in [0.1, 0.15) is 0 Å². The van der Waals surface area contributed by atoms with Gasteiger partial charge in [0, 0.05) is 18.7 Å². The molecule has 0 spiro atoms. The van der Waals surface area contributed by atoms with E-state index in [4.69, 9.17) is 5.73 Å². The van der Waals surface area contributed by atoms with Gasteiger partial charge >= 0.3 is 6.18 Å². The molecule has 5 heteroatoms. The molecule has 0 aliphatic carbocycles. The van der Waals surface area contributed by atoms with Crippen molar-refractivity contribution in [3.8, 4) is 0 Å². The van der Waals surface area contributed by atoms with E-state index in [1.54, 1.807) is 12.1 Å². The Hall–Kier alpha value is -1.23. The standard InChI is InChI=1S/C12H17F3N2/c1-17(8-2-7-12(13,14)15)9-10-3-5-11(16)6-4-10/h3-6H,2,7-9,16H2,1H3. The van der Waals surface area contributed by atoms with Gasteiger partial charge in [0.2, 0.25) is 0 Å². The van der Waals surface area contributed by atoms with Crippen molar-refractivity contribution in [3.63, 3.8) is 0 Å². The molecule has 1 rings (SSSR count). The molecule has 0 aliphatic rings. The van der Waals surface area contributed by atoms with Crippen molar-refractivity contribution in [2.24, 2.45) is 0 Å². The fourth-order valence-electron chi connectivity index (χ4n) is 1.56. The summed E-state index contributed by atoms with van der Waals surface area (Å²) in [5.74, 6) is 0. The molecule has 2 nitrogen and oxygen atoms in total. The minimum atomic E-state index is -4.05. The second-order valence-corrected chi connectivity index (χ2v) is 4.20. The van der Waals surface area contributed by atoms with Gasteiger partial charge in [-0.1, -0.05) is 12.1 Å². The Balaban J connectivity index is 2.30. The van der Waals surface area contributed by atoms with Crippen molar-refractivity contribution >= 4 is 5.69 Å². The SMILES string of the molecule is CN(CCCC(F)(F)F)Cc1ccc(N)cc1. The Kier molecular flexibility index (Phi) is 4.81. The molecule has 0 saturated carbocycles. The molecule has 0 unspecified atom stereocenters. The average Bonchev–Trinajstić information content (AvgIpc) is 2.19. The minimum absolute atomic E-state index is 0.134. The quantitative estimate of drug-likeness (QED) is 0.809. The minimum Gasteiger partial charge on any atom is -0.399 e. The molecule has 0 bridgehead atoms. The van der Waals surface area contributed by atoms with Gasteiger partial charge in [0.15, 0.2) is 0 Å². The third-order valence-electron chi connectivity index (χ3n) is 2.43. The second-order valence-electron chi connectivity index (χ2n) is 4.20. The fourth-order valence-corrected chi connectivity index (χ4v) is 1.56. The van der Waals surface area contributed by atoms with E-state index in [1.807, 2.05) is 24.1 Å². The van der Waals surface area contributed by atoms with Crippen LogP contribution in [0.4, 0.5) is 18.9 Å². The fraction of sp³-hybridized carbons (Fsp3) is 0.500. The van der Waals surface area contributed by atoms with Gasteiger partial charge in [-0.15, -0.1) is 0 Å². The molecule has 1 aromatic rings. The number of rotatable bonds is 5. The molecular formula is C12H17F3N2. The maximum absolute atomic E-state index is 11.9. The highest BCUT2D eigenvalue weighted by Gasteiger charge is 2.26. The Morgan fingerprint density at radius 1 is 1.18 bits per heavy atom. The normalized spacial score (nSPS) is 12.1. The Labute approximate surface area is 99.2 Å². The lowest BCUT2D eigenvalue weighted by Gasteiger charge is -2.17. The monoisotopic (exact) mass is 246 g/mol. The topological polar surface area (TPSA) is 29.3 Å². The van der Waals surface area contributed by atoms with Gasteiger partial charge in [-0.2, -0.15) is 13.2 Å². The van der Waals surface area contributed by atoms with Crippen LogP contribution >= 0.6 is 0 Å². The van der Waals surface area contributed by atoms with Gasteiger partial charge in [-0.05, 0) is 37.7 Å². The molecule has 96 valence electrons. The zero-order chi connectivity index (χ0) is 12.9. The Morgan fingerprint density at radius 2 is 1.76 bits per heavy atom. The lowest BCUT2D eigenvalue weighted by molar-refractivity contribution is -0.136. The van der Waals surface area contributed by atoms with Crippen LogP contribution in [0, 0.1) is 0 Å². The highest BCUT2D eigenvalue weighted by Crippen LogP contribution is 2.21. The number of alkyl halides is 3. The van der Waals surface area contributed by atoms with Gasteiger partial charge in [0.05, 0.1) is 0 Å². The summed E-state index contributed by atoms with van der Waals surface area (Å²) in [6.45, 7) is 1.07. The highest BCUT2D eigenvalue weighted by molar-refractivity contribution is 5.39. The molecule has 17 heavy (non-hydrogen) atoms. The first kappa shape index (κ1) is 13.8. The van der Waals surface area contributed by atoms with Crippen LogP contribution in [0.25, 0.3) is 0 Å². The van der Waals surface area contributed by atoms with E-state index < -0.39 is 12.6 Å². The van der Waals surface area contributed by atoms with Gasteiger partial charge in [0.25, 0.3) is 0 Å². The highest BCUT2D eigenvalue weighted by atomic mass is 19.4. The zero-order valence-electron chi connectivity index (χ0n) is 9.80. The van der Waals surface area contributed by atoms with Gasteiger partial charge in [-0.25, -0.2) is 0 Å². The summed E-state index contributed by atoms with van der Waals surface area (Å²) in [5.41, 5.74) is 7.29. The zero-order valence-corrected chi connectivity index (χ0v) is 9.80. The van der Waals surface area contributed by atoms with Crippen LogP contribution in [-0.2, 0) is 6.54 Å². The molecule has 0 fully saturated rings. The molecule has 2 N–H and O–H groups in total. The van der Waals surface area contributed by atoms with Crippen LogP contribution in [-0.4, -0.2) is 24.7 Å². The summed E-state index contributed by atoms with van der Waals surface area (Å²) in [7, 11) is 1.81. The average molecular weight is 246 g/mol. The molecule has 0 aliphatic heterocycles. The number of hydrogen-bond acceptors (Lipinski definition) is 2. The van der Waals surface area contributed by atoms with Crippen molar-refractivity contribution in [1.29, 1.82) is 0 Å². The molecule has 0 saturated heterocycles. The molecule has 0 radical (unpaired) electrons. The third-order valence-corrected chi connectivity index (χ3v) is 2.43. The largest absolute Gasteiger partial charge is 0.399 e. The van der Waals surface area contributed by atoms with Crippen LogP contribution in [0.1, 0.15) is 18.4 Å². The summed E-state index contributed by atoms with van der Waals surface area (Å²) in [6.07, 6.45) is -4.64. The van der Waals surface area contributed by atoms with E-state index >= 15 is 0 Å². The predicted octanol–water partition coefficient (Wildman–Crippen LogP) is 3.04. The van der Waals surface area contributed by atoms with E-state index in [1.165, 1.54) is 0 Å². The molecule has 0 atom stereocenters. The summed E-state index contributed by atoms with van der Waals surface area (Å²) in [4.78, 5) is 1.87. The number of nitrogen functional groups attached to an aromatic ring is 1. The first-order valence-electron chi connectivity index (χ1n) is 5.46. The van der Waals surface area contributed by atoms with E-state index in [2.05, 4.69) is 0 Å². The van der Waals surface area contributed by atoms with Crippen molar-refractivity contribution < 1.29 is 13.2 Å². The number of hydrogen-bond donors (Lipinski definition) is 1. The summed E-state index contributed by atoms with van der Waals surface area (Å²) in [5, 5.41) is 0. The molecular weight excluding hydrogens is 229 g/mol. The van der Waals surface area contributed by atoms with Crippen molar-refractivity contribution in [2.75, 3.05) is 19.3 Å². The van der Waals surface area contributed by atoms with Crippen molar-refractivity contribution in [3.05, 3.63) is 29.8 Å². The number of benzene rings is 1. The first-order chi connectivity index (χ1) is 7.87. The summed E-state index contributed by atoms with van der Waals surface area (Å²) >= 11 is 0. The van der Waals surface area contributed by atoms with Gasteiger partial charge in [-0.3, -0.25) is 0 Å². The summed E-state index contributed by atoms with van der Waals surface area (Å²) < 4.78 is 35.8. The lowest BCUT2D eigenvalue weighted by atomic mass is 10.2. The van der Waals surface area contributed by atoms with Crippen LogP contribution in [0.3, 0.4) is 0 Å². The van der Waals surface area contributed by atoms with Crippen LogP contribution in [0.5, 0.6) is 0 Å². The number of halogens is 3. The number of nitrogens with zero attached hydrogens (tertiary/aromatic N) is 1.